The van der Waals surface area contributed by atoms with Gasteiger partial charge in [-0.05, 0) is 5.10 Å². The molecule has 0 aliphatic carbocycles. The lowest BCUT2D eigenvalue weighted by Gasteiger charge is -1.99. The van der Waals surface area contributed by atoms with Gasteiger partial charge in [-0.25, -0.2) is 4.98 Å². The Bertz CT molecular complexity index is 649. The highest BCUT2D eigenvalue weighted by molar-refractivity contribution is 5.80. The summed E-state index contributed by atoms with van der Waals surface area (Å²) in [5.41, 5.74) is 2.63. The zero-order valence-electron chi connectivity index (χ0n) is 11.3. The van der Waals surface area contributed by atoms with Crippen LogP contribution >= 0.6 is 0 Å². The molecule has 0 amide bonds. The Morgan fingerprint density at radius 3 is 2.67 bits per heavy atom. The van der Waals surface area contributed by atoms with E-state index in [1.165, 1.54) is 12.8 Å². The monoisotopic (exact) mass is 247 g/mol. The predicted molar refractivity (Wildman–Crippen MR) is 69.1 cm³/mol. The molecule has 0 spiro atoms. The highest BCUT2D eigenvalue weighted by atomic mass is 15.3. The smallest absolute Gasteiger partial charge is 0.264 e. The van der Waals surface area contributed by atoms with E-state index < -0.39 is 0 Å². The van der Waals surface area contributed by atoms with Crippen LogP contribution in [-0.2, 0) is 7.05 Å². The van der Waals surface area contributed by atoms with Crippen molar-refractivity contribution in [1.82, 2.24) is 24.7 Å². The van der Waals surface area contributed by atoms with Gasteiger partial charge in [-0.15, -0.1) is 0 Å². The number of hydrogen-bond acceptors (Lipinski definition) is 3. The molecule has 3 heterocycles. The molecule has 0 unspecified atom stereocenters. The van der Waals surface area contributed by atoms with Gasteiger partial charge in [0.15, 0.2) is 0 Å². The summed E-state index contributed by atoms with van der Waals surface area (Å²) in [7, 11) is 1.88. The number of aromatic amines is 1. The number of rotatable bonds is 1. The standard InChI is InChI=1S/C8H8N6.C4H10/c1-5-12-13(2)8-6-7(9-3-10-8)11-4-14(5)6;1-3-4-2/h3-4H,1-2H3;3-4H2,1-2H3/p+1. The number of nitrogens with zero attached hydrogens (tertiary/aromatic N) is 5. The van der Waals surface area contributed by atoms with E-state index in [1.54, 1.807) is 17.3 Å². The van der Waals surface area contributed by atoms with Crippen molar-refractivity contribution < 1.29 is 4.40 Å². The summed E-state index contributed by atoms with van der Waals surface area (Å²) < 4.78 is 3.68. The fraction of sp³-hybridized carbons (Fsp3) is 0.500. The van der Waals surface area contributed by atoms with Crippen LogP contribution in [0.1, 0.15) is 32.5 Å². The molecule has 3 aromatic heterocycles. The van der Waals surface area contributed by atoms with Crippen LogP contribution < -0.4 is 4.40 Å². The van der Waals surface area contributed by atoms with Crippen LogP contribution in [0.15, 0.2) is 12.7 Å². The maximum atomic E-state index is 4.32. The first-order valence-electron chi connectivity index (χ1n) is 6.22. The molecular formula is C12H19N6+. The van der Waals surface area contributed by atoms with Gasteiger partial charge in [0.05, 0.1) is 6.33 Å². The van der Waals surface area contributed by atoms with Gasteiger partial charge in [0.1, 0.15) is 0 Å². The molecule has 0 aromatic carbocycles. The lowest BCUT2D eigenvalue weighted by molar-refractivity contribution is -0.523. The Labute approximate surface area is 106 Å². The van der Waals surface area contributed by atoms with Gasteiger partial charge in [-0.3, -0.25) is 0 Å². The molecular weight excluding hydrogens is 228 g/mol. The summed E-state index contributed by atoms with van der Waals surface area (Å²) in [6.45, 7) is 6.30. The number of aryl methyl sites for hydroxylation is 2. The largest absolute Gasteiger partial charge is 0.314 e. The minimum absolute atomic E-state index is 0.821. The van der Waals surface area contributed by atoms with Gasteiger partial charge in [0.25, 0.3) is 11.5 Å². The molecule has 0 bridgehead atoms. The molecule has 96 valence electrons. The van der Waals surface area contributed by atoms with Crippen LogP contribution in [0.5, 0.6) is 0 Å². The summed E-state index contributed by atoms with van der Waals surface area (Å²) in [5.74, 6) is 0.893. The molecule has 0 atom stereocenters. The van der Waals surface area contributed by atoms with Gasteiger partial charge < -0.3 is 4.98 Å². The van der Waals surface area contributed by atoms with Crippen LogP contribution in [0, 0.1) is 6.92 Å². The van der Waals surface area contributed by atoms with Crippen LogP contribution in [0.25, 0.3) is 16.8 Å². The van der Waals surface area contributed by atoms with Crippen molar-refractivity contribution in [3.8, 4) is 0 Å². The molecule has 18 heavy (non-hydrogen) atoms. The maximum Gasteiger partial charge on any atom is 0.264 e. The topological polar surface area (TPSA) is 63.5 Å². The molecule has 0 fully saturated rings. The molecule has 6 nitrogen and oxygen atoms in total. The van der Waals surface area contributed by atoms with Crippen LogP contribution in [0.2, 0.25) is 0 Å². The quantitative estimate of drug-likeness (QED) is 0.663. The van der Waals surface area contributed by atoms with Crippen LogP contribution in [0.3, 0.4) is 0 Å². The number of aromatic nitrogens is 6. The minimum atomic E-state index is 0.821. The Morgan fingerprint density at radius 1 is 1.28 bits per heavy atom. The normalized spacial score (nSPS) is 10.7. The molecule has 0 saturated carbocycles. The molecule has 0 radical (unpaired) electrons. The highest BCUT2D eigenvalue weighted by Gasteiger charge is 2.17. The first kappa shape index (κ1) is 12.5. The molecule has 3 aromatic rings. The second-order valence-electron chi connectivity index (χ2n) is 4.21. The Hall–Kier alpha value is -1.98. The fourth-order valence-electron chi connectivity index (χ4n) is 1.68. The van der Waals surface area contributed by atoms with E-state index in [4.69, 9.17) is 0 Å². The molecule has 0 aliphatic heterocycles. The lowest BCUT2D eigenvalue weighted by atomic mass is 10.4. The third-order valence-corrected chi connectivity index (χ3v) is 2.82. The minimum Gasteiger partial charge on any atom is -0.314 e. The molecule has 3 rings (SSSR count). The summed E-state index contributed by atoms with van der Waals surface area (Å²) in [6.07, 6.45) is 6.01. The van der Waals surface area contributed by atoms with E-state index in [0.717, 1.165) is 22.6 Å². The predicted octanol–water partition coefficient (Wildman–Crippen LogP) is 1.54. The first-order valence-corrected chi connectivity index (χ1v) is 6.22. The van der Waals surface area contributed by atoms with Gasteiger partial charge in [0, 0.05) is 14.0 Å². The van der Waals surface area contributed by atoms with Crippen molar-refractivity contribution in [2.24, 2.45) is 7.05 Å². The highest BCUT2D eigenvalue weighted by Crippen LogP contribution is 2.08. The number of imidazole rings is 1. The Balaban J connectivity index is 0.000000267. The van der Waals surface area contributed by atoms with Crippen molar-refractivity contribution in [2.45, 2.75) is 33.6 Å². The third-order valence-electron chi connectivity index (χ3n) is 2.82. The van der Waals surface area contributed by atoms with Crippen molar-refractivity contribution in [3.05, 3.63) is 18.5 Å². The summed E-state index contributed by atoms with van der Waals surface area (Å²) in [4.78, 5) is 11.5. The van der Waals surface area contributed by atoms with Gasteiger partial charge in [-0.1, -0.05) is 31.7 Å². The van der Waals surface area contributed by atoms with E-state index >= 15 is 0 Å². The molecule has 6 heteroatoms. The fourth-order valence-corrected chi connectivity index (χ4v) is 1.68. The number of hydrogen-bond donors (Lipinski definition) is 1. The number of nitrogens with one attached hydrogen (secondary N) is 1. The average Bonchev–Trinajstić information content (AvgIpc) is 2.81. The van der Waals surface area contributed by atoms with Crippen molar-refractivity contribution in [2.75, 3.05) is 0 Å². The van der Waals surface area contributed by atoms with E-state index in [-0.39, 0.29) is 0 Å². The second-order valence-corrected chi connectivity index (χ2v) is 4.21. The van der Waals surface area contributed by atoms with E-state index in [2.05, 4.69) is 33.9 Å². The van der Waals surface area contributed by atoms with Gasteiger partial charge >= 0.3 is 0 Å². The number of H-pyrrole nitrogens is 1. The Kier molecular flexibility index (Phi) is 3.55. The lowest BCUT2D eigenvalue weighted by Crippen LogP contribution is -2.28. The summed E-state index contributed by atoms with van der Waals surface area (Å²) in [5, 5.41) is 4.32. The molecule has 0 aliphatic rings. The second kappa shape index (κ2) is 5.12. The van der Waals surface area contributed by atoms with E-state index in [1.807, 2.05) is 18.4 Å². The van der Waals surface area contributed by atoms with Crippen LogP contribution in [-0.4, -0.2) is 24.7 Å². The third kappa shape index (κ3) is 2.05. The number of unbranched alkanes of at least 4 members (excludes halogenated alkanes) is 1. The van der Waals surface area contributed by atoms with Crippen molar-refractivity contribution in [1.29, 1.82) is 0 Å². The SMILES string of the molecule is CCCC.Cc1nn(C)c2nc[nH]c3nc[n+]1c32. The van der Waals surface area contributed by atoms with Gasteiger partial charge in [0.2, 0.25) is 17.5 Å². The first-order chi connectivity index (χ1) is 8.69. The molecule has 1 N–H and O–H groups in total. The van der Waals surface area contributed by atoms with Crippen molar-refractivity contribution in [3.63, 3.8) is 0 Å². The van der Waals surface area contributed by atoms with Gasteiger partial charge in [-0.2, -0.15) is 9.08 Å². The van der Waals surface area contributed by atoms with Crippen LogP contribution in [0.4, 0.5) is 0 Å². The van der Waals surface area contributed by atoms with E-state index in [9.17, 15) is 0 Å². The summed E-state index contributed by atoms with van der Waals surface area (Å²) >= 11 is 0. The van der Waals surface area contributed by atoms with E-state index in [0.29, 0.717) is 0 Å². The summed E-state index contributed by atoms with van der Waals surface area (Å²) in [6, 6.07) is 0. The zero-order chi connectivity index (χ0) is 13.1. The maximum absolute atomic E-state index is 4.32. The average molecular weight is 247 g/mol. The Morgan fingerprint density at radius 2 is 2.00 bits per heavy atom. The molecule has 0 saturated heterocycles. The van der Waals surface area contributed by atoms with Crippen molar-refractivity contribution >= 4 is 16.8 Å². The zero-order valence-corrected chi connectivity index (χ0v) is 11.3.